The van der Waals surface area contributed by atoms with E-state index < -0.39 is 16.3 Å². The van der Waals surface area contributed by atoms with Crippen LogP contribution in [-0.4, -0.2) is 85.4 Å². The summed E-state index contributed by atoms with van der Waals surface area (Å²) in [4.78, 5) is 13.5. The molecule has 2 rings (SSSR count). The summed E-state index contributed by atoms with van der Waals surface area (Å²) in [6, 6.07) is -0.552. The van der Waals surface area contributed by atoms with Crippen molar-refractivity contribution in [3.05, 3.63) is 0 Å². The Morgan fingerprint density at radius 2 is 1.59 bits per heavy atom. The Labute approximate surface area is 132 Å². The van der Waals surface area contributed by atoms with Gasteiger partial charge in [0.05, 0.1) is 18.2 Å². The molecular formula is C13H26N4O4S. The molecular weight excluding hydrogens is 308 g/mol. The number of nitrogens with two attached hydrogens (primary N) is 1. The van der Waals surface area contributed by atoms with Gasteiger partial charge < -0.3 is 15.4 Å². The van der Waals surface area contributed by atoms with Crippen molar-refractivity contribution < 1.29 is 17.9 Å². The van der Waals surface area contributed by atoms with E-state index in [1.165, 1.54) is 8.61 Å². The van der Waals surface area contributed by atoms with Gasteiger partial charge in [-0.05, 0) is 20.8 Å². The van der Waals surface area contributed by atoms with Crippen LogP contribution in [0.4, 0.5) is 0 Å². The highest BCUT2D eigenvalue weighted by atomic mass is 32.2. The fourth-order valence-electron chi connectivity index (χ4n) is 2.91. The lowest BCUT2D eigenvalue weighted by atomic mass is 10.2. The van der Waals surface area contributed by atoms with E-state index in [4.69, 9.17) is 10.5 Å². The third kappa shape index (κ3) is 3.77. The summed E-state index contributed by atoms with van der Waals surface area (Å²) in [5.74, 6) is -0.134. The van der Waals surface area contributed by atoms with Gasteiger partial charge in [0.2, 0.25) is 5.91 Å². The van der Waals surface area contributed by atoms with Crippen LogP contribution in [0.25, 0.3) is 0 Å². The summed E-state index contributed by atoms with van der Waals surface area (Å²) >= 11 is 0. The summed E-state index contributed by atoms with van der Waals surface area (Å²) < 4.78 is 33.9. The summed E-state index contributed by atoms with van der Waals surface area (Å²) in [7, 11) is -3.50. The van der Waals surface area contributed by atoms with Crippen molar-refractivity contribution in [1.29, 1.82) is 0 Å². The predicted molar refractivity (Wildman–Crippen MR) is 82.3 cm³/mol. The number of morpholine rings is 1. The summed E-state index contributed by atoms with van der Waals surface area (Å²) in [6.07, 6.45) is -0.223. The molecule has 128 valence electrons. The number of nitrogens with zero attached hydrogens (tertiary/aromatic N) is 3. The van der Waals surface area contributed by atoms with Gasteiger partial charge >= 0.3 is 0 Å². The molecule has 2 saturated heterocycles. The standard InChI is InChI=1S/C13H26N4O4S/c1-10-8-17(9-11(2)21-10)22(19,20)16-6-4-15(5-7-16)13(18)12(3)14/h10-12H,4-9,14H2,1-3H3. The maximum atomic E-state index is 12.7. The van der Waals surface area contributed by atoms with E-state index in [9.17, 15) is 13.2 Å². The first kappa shape index (κ1) is 17.6. The molecule has 0 bridgehead atoms. The Hall–Kier alpha value is -0.740. The molecule has 2 N–H and O–H groups in total. The molecule has 9 heteroatoms. The molecule has 0 radical (unpaired) electrons. The van der Waals surface area contributed by atoms with Gasteiger partial charge in [-0.15, -0.1) is 0 Å². The molecule has 0 aromatic heterocycles. The van der Waals surface area contributed by atoms with Gasteiger partial charge in [-0.25, -0.2) is 0 Å². The number of piperazine rings is 1. The van der Waals surface area contributed by atoms with Gasteiger partial charge in [-0.2, -0.15) is 17.0 Å². The van der Waals surface area contributed by atoms with Crippen LogP contribution in [-0.2, 0) is 19.7 Å². The molecule has 0 saturated carbocycles. The van der Waals surface area contributed by atoms with Crippen LogP contribution in [0.1, 0.15) is 20.8 Å². The molecule has 0 aliphatic carbocycles. The van der Waals surface area contributed by atoms with Crippen LogP contribution in [0.3, 0.4) is 0 Å². The molecule has 8 nitrogen and oxygen atoms in total. The van der Waals surface area contributed by atoms with E-state index in [-0.39, 0.29) is 18.1 Å². The van der Waals surface area contributed by atoms with E-state index in [0.717, 1.165) is 0 Å². The first-order chi connectivity index (χ1) is 10.2. The zero-order chi connectivity index (χ0) is 16.5. The molecule has 0 aromatic carbocycles. The van der Waals surface area contributed by atoms with Gasteiger partial charge in [0, 0.05) is 39.3 Å². The topological polar surface area (TPSA) is 96.2 Å². The molecule has 3 unspecified atom stereocenters. The number of ether oxygens (including phenoxy) is 1. The molecule has 3 atom stereocenters. The first-order valence-electron chi connectivity index (χ1n) is 7.67. The number of carbonyl (C=O) groups is 1. The lowest BCUT2D eigenvalue weighted by Crippen LogP contribution is -2.58. The van der Waals surface area contributed by atoms with Crippen molar-refractivity contribution >= 4 is 16.1 Å². The van der Waals surface area contributed by atoms with Crippen molar-refractivity contribution in [2.75, 3.05) is 39.3 Å². The maximum Gasteiger partial charge on any atom is 0.282 e. The summed E-state index contributed by atoms with van der Waals surface area (Å²) in [6.45, 7) is 7.50. The van der Waals surface area contributed by atoms with Gasteiger partial charge in [-0.1, -0.05) is 0 Å². The Bertz CT molecular complexity index is 492. The fourth-order valence-corrected chi connectivity index (χ4v) is 4.66. The molecule has 22 heavy (non-hydrogen) atoms. The Balaban J connectivity index is 1.99. The second-order valence-corrected chi connectivity index (χ2v) is 8.02. The second-order valence-electron chi connectivity index (χ2n) is 6.10. The minimum atomic E-state index is -3.50. The predicted octanol–water partition coefficient (Wildman–Crippen LogP) is -1.17. The monoisotopic (exact) mass is 334 g/mol. The van der Waals surface area contributed by atoms with Gasteiger partial charge in [0.15, 0.2) is 0 Å². The quantitative estimate of drug-likeness (QED) is 0.702. The van der Waals surface area contributed by atoms with Crippen molar-refractivity contribution in [1.82, 2.24) is 13.5 Å². The average Bonchev–Trinajstić information content (AvgIpc) is 2.45. The third-order valence-electron chi connectivity index (χ3n) is 3.98. The Morgan fingerprint density at radius 1 is 1.09 bits per heavy atom. The highest BCUT2D eigenvalue weighted by Gasteiger charge is 2.37. The number of rotatable bonds is 3. The van der Waals surface area contributed by atoms with Gasteiger partial charge in [-0.3, -0.25) is 4.79 Å². The molecule has 1 amide bonds. The lowest BCUT2D eigenvalue weighted by molar-refractivity contribution is -0.133. The first-order valence-corrected chi connectivity index (χ1v) is 9.06. The smallest absolute Gasteiger partial charge is 0.282 e. The summed E-state index contributed by atoms with van der Waals surface area (Å²) in [5, 5.41) is 0. The van der Waals surface area contributed by atoms with E-state index in [1.807, 2.05) is 13.8 Å². The number of carbonyl (C=O) groups excluding carboxylic acids is 1. The second kappa shape index (κ2) is 6.79. The van der Waals surface area contributed by atoms with Crippen LogP contribution >= 0.6 is 0 Å². The van der Waals surface area contributed by atoms with E-state index in [2.05, 4.69) is 0 Å². The van der Waals surface area contributed by atoms with Crippen LogP contribution in [0.15, 0.2) is 0 Å². The molecule has 0 spiro atoms. The van der Waals surface area contributed by atoms with Gasteiger partial charge in [0.1, 0.15) is 0 Å². The highest BCUT2D eigenvalue weighted by molar-refractivity contribution is 7.86. The minimum absolute atomic E-state index is 0.112. The molecule has 2 aliphatic rings. The zero-order valence-corrected chi connectivity index (χ0v) is 14.3. The third-order valence-corrected chi connectivity index (χ3v) is 5.95. The van der Waals surface area contributed by atoms with E-state index >= 15 is 0 Å². The number of hydrogen-bond donors (Lipinski definition) is 1. The molecule has 2 aliphatic heterocycles. The normalized spacial score (nSPS) is 30.3. The summed E-state index contributed by atoms with van der Waals surface area (Å²) in [5.41, 5.74) is 5.59. The number of hydrogen-bond acceptors (Lipinski definition) is 5. The van der Waals surface area contributed by atoms with Crippen LogP contribution in [0, 0.1) is 0 Å². The SMILES string of the molecule is CC1CN(S(=O)(=O)N2CCN(C(=O)C(C)N)CC2)CC(C)O1. The highest BCUT2D eigenvalue weighted by Crippen LogP contribution is 2.19. The Morgan fingerprint density at radius 3 is 2.05 bits per heavy atom. The van der Waals surface area contributed by atoms with Crippen molar-refractivity contribution in [2.45, 2.75) is 39.0 Å². The zero-order valence-electron chi connectivity index (χ0n) is 13.4. The molecule has 2 heterocycles. The fraction of sp³-hybridized carbons (Fsp3) is 0.923. The Kier molecular flexibility index (Phi) is 5.44. The van der Waals surface area contributed by atoms with E-state index in [1.54, 1.807) is 11.8 Å². The van der Waals surface area contributed by atoms with Crippen molar-refractivity contribution in [3.63, 3.8) is 0 Å². The molecule has 2 fully saturated rings. The average molecular weight is 334 g/mol. The van der Waals surface area contributed by atoms with Gasteiger partial charge in [0.25, 0.3) is 10.2 Å². The van der Waals surface area contributed by atoms with Crippen molar-refractivity contribution in [3.8, 4) is 0 Å². The van der Waals surface area contributed by atoms with Crippen LogP contribution < -0.4 is 5.73 Å². The number of amides is 1. The largest absolute Gasteiger partial charge is 0.373 e. The van der Waals surface area contributed by atoms with E-state index in [0.29, 0.717) is 39.3 Å². The molecule has 0 aromatic rings. The van der Waals surface area contributed by atoms with Crippen LogP contribution in [0.2, 0.25) is 0 Å². The maximum absolute atomic E-state index is 12.7. The van der Waals surface area contributed by atoms with Crippen LogP contribution in [0.5, 0.6) is 0 Å². The lowest BCUT2D eigenvalue weighted by Gasteiger charge is -2.40. The van der Waals surface area contributed by atoms with Crippen molar-refractivity contribution in [2.24, 2.45) is 5.73 Å². The minimum Gasteiger partial charge on any atom is -0.373 e.